The van der Waals surface area contributed by atoms with Crippen molar-refractivity contribution in [2.45, 2.75) is 0 Å². The molecule has 0 radical (unpaired) electrons. The molecule has 0 aliphatic rings. The third-order valence-corrected chi connectivity index (χ3v) is 14.4. The van der Waals surface area contributed by atoms with Crippen LogP contribution < -0.4 is 0 Å². The van der Waals surface area contributed by atoms with Crippen LogP contribution in [0.5, 0.6) is 0 Å². The van der Waals surface area contributed by atoms with Crippen molar-refractivity contribution in [2.24, 2.45) is 0 Å². The first kappa shape index (κ1) is 38.6. The van der Waals surface area contributed by atoms with E-state index < -0.39 is 0 Å². The molecule has 0 aliphatic carbocycles. The molecule has 5 heteroatoms. The molecular formula is C65H38N4O. The third-order valence-electron chi connectivity index (χ3n) is 14.4. The number of aromatic nitrogens is 4. The zero-order chi connectivity index (χ0) is 45.9. The lowest BCUT2D eigenvalue weighted by molar-refractivity contribution is 0.669. The number of hydrogen-bond donors (Lipinski definition) is 0. The van der Waals surface area contributed by atoms with Crippen LogP contribution in [0.1, 0.15) is 0 Å². The van der Waals surface area contributed by atoms with Crippen LogP contribution in [-0.2, 0) is 0 Å². The SMILES string of the molecule is c1ccc(-n2c3ccc(-c4cccc(-c5nc(-c6ccc7ccccc7c6)nc(-c6cccc7ccccc67)n5)c4)cc3c3cc(-c4ccc5c(c4)c4cccc6oc7cccc5c7c64)ccc32)cc1. The monoisotopic (exact) mass is 890 g/mol. The van der Waals surface area contributed by atoms with Gasteiger partial charge in [-0.2, -0.15) is 0 Å². The van der Waals surface area contributed by atoms with E-state index in [0.717, 1.165) is 77.4 Å². The van der Waals surface area contributed by atoms with Crippen molar-refractivity contribution in [3.05, 3.63) is 231 Å². The zero-order valence-electron chi connectivity index (χ0n) is 37.6. The maximum absolute atomic E-state index is 6.35. The molecule has 0 unspecified atom stereocenters. The third kappa shape index (κ3) is 5.95. The predicted octanol–water partition coefficient (Wildman–Crippen LogP) is 17.3. The minimum absolute atomic E-state index is 0.622. The van der Waals surface area contributed by atoms with Gasteiger partial charge in [-0.1, -0.05) is 164 Å². The highest BCUT2D eigenvalue weighted by atomic mass is 16.3. The maximum Gasteiger partial charge on any atom is 0.164 e. The molecule has 0 saturated carbocycles. The van der Waals surface area contributed by atoms with Gasteiger partial charge in [-0.25, -0.2) is 15.0 Å². The molecule has 15 rings (SSSR count). The van der Waals surface area contributed by atoms with Gasteiger partial charge < -0.3 is 8.98 Å². The molecule has 70 heavy (non-hydrogen) atoms. The Labute approximate surface area is 401 Å². The largest absolute Gasteiger partial charge is 0.456 e. The average Bonchev–Trinajstić information content (AvgIpc) is 3.98. The summed E-state index contributed by atoms with van der Waals surface area (Å²) < 4.78 is 8.74. The molecule has 0 atom stereocenters. The van der Waals surface area contributed by atoms with Crippen LogP contribution in [0.4, 0.5) is 0 Å². The van der Waals surface area contributed by atoms with Crippen molar-refractivity contribution < 1.29 is 4.42 Å². The summed E-state index contributed by atoms with van der Waals surface area (Å²) in [7, 11) is 0. The van der Waals surface area contributed by atoms with Gasteiger partial charge in [0.05, 0.1) is 11.0 Å². The van der Waals surface area contributed by atoms with E-state index in [9.17, 15) is 0 Å². The van der Waals surface area contributed by atoms with Crippen LogP contribution in [0, 0.1) is 0 Å². The van der Waals surface area contributed by atoms with E-state index in [1.807, 2.05) is 0 Å². The van der Waals surface area contributed by atoms with Gasteiger partial charge in [0.1, 0.15) is 11.2 Å². The van der Waals surface area contributed by atoms with Gasteiger partial charge in [-0.05, 0) is 132 Å². The number of para-hydroxylation sites is 1. The molecule has 3 aromatic heterocycles. The fourth-order valence-corrected chi connectivity index (χ4v) is 11.1. The normalized spacial score (nSPS) is 12.0. The summed E-state index contributed by atoms with van der Waals surface area (Å²) in [6.45, 7) is 0. The van der Waals surface area contributed by atoms with Gasteiger partial charge in [0.15, 0.2) is 17.5 Å². The molecule has 0 aliphatic heterocycles. The summed E-state index contributed by atoms with van der Waals surface area (Å²) in [6.07, 6.45) is 0. The van der Waals surface area contributed by atoms with Crippen LogP contribution in [0.25, 0.3) is 149 Å². The first-order valence-corrected chi connectivity index (χ1v) is 23.7. The first-order chi connectivity index (χ1) is 34.7. The van der Waals surface area contributed by atoms with E-state index in [1.165, 1.54) is 54.0 Å². The summed E-state index contributed by atoms with van der Waals surface area (Å²) >= 11 is 0. The maximum atomic E-state index is 6.35. The Balaban J connectivity index is 0.890. The van der Waals surface area contributed by atoms with Gasteiger partial charge in [0.25, 0.3) is 0 Å². The molecule has 0 fully saturated rings. The Hall–Kier alpha value is -9.45. The Morgan fingerprint density at radius 3 is 1.54 bits per heavy atom. The second kappa shape index (κ2) is 15.0. The average molecular weight is 891 g/mol. The van der Waals surface area contributed by atoms with Crippen LogP contribution in [0.3, 0.4) is 0 Å². The summed E-state index contributed by atoms with van der Waals surface area (Å²) in [5, 5.41) is 14.2. The fourth-order valence-electron chi connectivity index (χ4n) is 11.1. The highest BCUT2D eigenvalue weighted by Crippen LogP contribution is 2.44. The number of furan rings is 1. The smallest absolute Gasteiger partial charge is 0.164 e. The van der Waals surface area contributed by atoms with E-state index in [1.54, 1.807) is 0 Å². The Bertz CT molecular complexity index is 4600. The topological polar surface area (TPSA) is 56.7 Å². The lowest BCUT2D eigenvalue weighted by Gasteiger charge is -2.12. The minimum atomic E-state index is 0.622. The molecule has 15 aromatic rings. The zero-order valence-corrected chi connectivity index (χ0v) is 37.6. The highest BCUT2D eigenvalue weighted by Gasteiger charge is 2.20. The quantitative estimate of drug-likeness (QED) is 0.156. The first-order valence-electron chi connectivity index (χ1n) is 23.7. The van der Waals surface area contributed by atoms with Crippen molar-refractivity contribution in [1.82, 2.24) is 19.5 Å². The predicted molar refractivity (Wildman–Crippen MR) is 290 cm³/mol. The van der Waals surface area contributed by atoms with Crippen molar-refractivity contribution >= 4 is 86.8 Å². The van der Waals surface area contributed by atoms with Crippen LogP contribution in [0.15, 0.2) is 235 Å². The number of fused-ring (bicyclic) bond motifs is 8. The summed E-state index contributed by atoms with van der Waals surface area (Å²) in [5.41, 5.74) is 12.6. The van der Waals surface area contributed by atoms with Crippen molar-refractivity contribution in [3.63, 3.8) is 0 Å². The Kier molecular flexibility index (Phi) is 8.29. The molecule has 324 valence electrons. The number of rotatable bonds is 6. The molecular weight excluding hydrogens is 853 g/mol. The summed E-state index contributed by atoms with van der Waals surface area (Å²) in [5.74, 6) is 1.90. The van der Waals surface area contributed by atoms with Gasteiger partial charge in [0.2, 0.25) is 0 Å². The molecule has 5 nitrogen and oxygen atoms in total. The van der Waals surface area contributed by atoms with E-state index in [-0.39, 0.29) is 0 Å². The number of nitrogens with zero attached hydrogens (tertiary/aromatic N) is 4. The Morgan fingerprint density at radius 2 is 0.800 bits per heavy atom. The van der Waals surface area contributed by atoms with Crippen molar-refractivity contribution in [2.75, 3.05) is 0 Å². The van der Waals surface area contributed by atoms with E-state index in [0.29, 0.717) is 17.5 Å². The molecule has 0 bridgehead atoms. The van der Waals surface area contributed by atoms with Crippen LogP contribution in [-0.4, -0.2) is 19.5 Å². The Morgan fingerprint density at radius 1 is 0.286 bits per heavy atom. The minimum Gasteiger partial charge on any atom is -0.456 e. The highest BCUT2D eigenvalue weighted by molar-refractivity contribution is 6.33. The van der Waals surface area contributed by atoms with Crippen molar-refractivity contribution in [3.8, 4) is 62.1 Å². The molecule has 12 aromatic carbocycles. The number of hydrogen-bond acceptors (Lipinski definition) is 4. The van der Waals surface area contributed by atoms with Gasteiger partial charge >= 0.3 is 0 Å². The molecule has 0 spiro atoms. The second-order valence-electron chi connectivity index (χ2n) is 18.3. The van der Waals surface area contributed by atoms with Gasteiger partial charge in [-0.15, -0.1) is 0 Å². The van der Waals surface area contributed by atoms with E-state index in [4.69, 9.17) is 19.4 Å². The van der Waals surface area contributed by atoms with Crippen LogP contribution >= 0.6 is 0 Å². The van der Waals surface area contributed by atoms with E-state index >= 15 is 0 Å². The van der Waals surface area contributed by atoms with Crippen LogP contribution in [0.2, 0.25) is 0 Å². The molecule has 3 heterocycles. The lowest BCUT2D eigenvalue weighted by atomic mass is 9.92. The molecule has 0 saturated heterocycles. The molecule has 0 N–H and O–H groups in total. The lowest BCUT2D eigenvalue weighted by Crippen LogP contribution is -2.00. The summed E-state index contributed by atoms with van der Waals surface area (Å²) in [6, 6.07) is 82.4. The van der Waals surface area contributed by atoms with Gasteiger partial charge in [-0.3, -0.25) is 0 Å². The van der Waals surface area contributed by atoms with Gasteiger partial charge in [0, 0.05) is 43.9 Å². The standard InChI is InChI=1S/C65H38N4O/c1-2-18-48(19-3-1)69-57-32-29-44(37-55(57)56-38-45(30-33-58(56)69)43-28-31-50-51-21-10-24-59-61(51)62-52(54(50)36-43)22-11-25-60(62)70-59)42-16-8-17-46(35-42)63-66-64(47-27-26-39-12-4-5-14-41(39)34-47)68-65(67-63)53-23-9-15-40-13-6-7-20-49(40)53/h1-38H. The van der Waals surface area contributed by atoms with Crippen molar-refractivity contribution in [1.29, 1.82) is 0 Å². The summed E-state index contributed by atoms with van der Waals surface area (Å²) in [4.78, 5) is 15.6. The fraction of sp³-hybridized carbons (Fsp3) is 0. The number of benzene rings is 12. The second-order valence-corrected chi connectivity index (χ2v) is 18.3. The molecule has 0 amide bonds. The van der Waals surface area contributed by atoms with E-state index in [2.05, 4.69) is 235 Å².